The smallest absolute Gasteiger partial charge is 0.0897 e. The first-order valence-electron chi connectivity index (χ1n) is 8.08. The number of thiazole rings is 1. The van der Waals surface area contributed by atoms with E-state index in [4.69, 9.17) is 0 Å². The van der Waals surface area contributed by atoms with Gasteiger partial charge in [-0.1, -0.05) is 0 Å². The highest BCUT2D eigenvalue weighted by Gasteiger charge is 2.47. The molecule has 2 aliphatic heterocycles. The molecule has 2 fully saturated rings. The van der Waals surface area contributed by atoms with Crippen LogP contribution in [-0.4, -0.2) is 45.5 Å². The summed E-state index contributed by atoms with van der Waals surface area (Å²) in [6.45, 7) is 9.20. The van der Waals surface area contributed by atoms with Gasteiger partial charge >= 0.3 is 0 Å². The summed E-state index contributed by atoms with van der Waals surface area (Å²) in [6.07, 6.45) is 3.48. The van der Waals surface area contributed by atoms with E-state index in [0.717, 1.165) is 13.1 Å². The van der Waals surface area contributed by atoms with E-state index in [2.05, 4.69) is 57.0 Å². The second-order valence-electron chi connectivity index (χ2n) is 7.07. The minimum absolute atomic E-state index is 0.552. The van der Waals surface area contributed by atoms with Gasteiger partial charge in [-0.2, -0.15) is 0 Å². The quantitative estimate of drug-likeness (QED) is 0.866. The molecule has 0 unspecified atom stereocenters. The van der Waals surface area contributed by atoms with Crippen LogP contribution >= 0.6 is 11.3 Å². The zero-order valence-electron chi connectivity index (χ0n) is 13.5. The predicted molar refractivity (Wildman–Crippen MR) is 89.9 cm³/mol. The second-order valence-corrected chi connectivity index (χ2v) is 8.14. The van der Waals surface area contributed by atoms with Gasteiger partial charge in [0.15, 0.2) is 0 Å². The molecule has 5 heteroatoms. The Morgan fingerprint density at radius 2 is 2.05 bits per heavy atom. The van der Waals surface area contributed by atoms with Crippen molar-refractivity contribution in [1.29, 1.82) is 0 Å². The standard InChI is InChI=1S/C17H24N4S/c1-14-18-15(10-22-14)8-20-7-5-17(11-20)12-21(13-17)9-16-4-3-6-19(16)2/h3-4,6,10H,5,7-9,11-13H2,1-2H3. The first-order chi connectivity index (χ1) is 10.6. The van der Waals surface area contributed by atoms with Crippen molar-refractivity contribution in [3.63, 3.8) is 0 Å². The zero-order chi connectivity index (χ0) is 15.2. The molecule has 118 valence electrons. The van der Waals surface area contributed by atoms with Crippen molar-refractivity contribution >= 4 is 11.3 Å². The molecule has 2 aliphatic rings. The average Bonchev–Trinajstić information content (AvgIpc) is 3.13. The predicted octanol–water partition coefficient (Wildman–Crippen LogP) is 2.50. The van der Waals surface area contributed by atoms with Crippen LogP contribution in [0.25, 0.3) is 0 Å². The average molecular weight is 316 g/mol. The van der Waals surface area contributed by atoms with E-state index in [9.17, 15) is 0 Å². The van der Waals surface area contributed by atoms with Crippen LogP contribution in [0.3, 0.4) is 0 Å². The number of hydrogen-bond acceptors (Lipinski definition) is 4. The van der Waals surface area contributed by atoms with Crippen molar-refractivity contribution in [3.8, 4) is 0 Å². The Bertz CT molecular complexity index is 653. The summed E-state index contributed by atoms with van der Waals surface area (Å²) in [5, 5.41) is 3.39. The van der Waals surface area contributed by atoms with Crippen LogP contribution in [0.15, 0.2) is 23.7 Å². The van der Waals surface area contributed by atoms with Gasteiger partial charge in [-0.05, 0) is 32.0 Å². The monoisotopic (exact) mass is 316 g/mol. The topological polar surface area (TPSA) is 24.3 Å². The van der Waals surface area contributed by atoms with Gasteiger partial charge in [0, 0.05) is 62.5 Å². The van der Waals surface area contributed by atoms with Crippen LogP contribution in [0.5, 0.6) is 0 Å². The maximum absolute atomic E-state index is 4.60. The van der Waals surface area contributed by atoms with Crippen molar-refractivity contribution in [3.05, 3.63) is 40.1 Å². The lowest BCUT2D eigenvalue weighted by Gasteiger charge is -2.48. The van der Waals surface area contributed by atoms with E-state index in [1.54, 1.807) is 11.3 Å². The third kappa shape index (κ3) is 2.73. The van der Waals surface area contributed by atoms with Gasteiger partial charge in [-0.15, -0.1) is 11.3 Å². The molecule has 0 N–H and O–H groups in total. The van der Waals surface area contributed by atoms with Gasteiger partial charge in [0.2, 0.25) is 0 Å². The molecule has 0 aromatic carbocycles. The molecule has 1 spiro atoms. The Morgan fingerprint density at radius 1 is 1.23 bits per heavy atom. The molecule has 4 rings (SSSR count). The van der Waals surface area contributed by atoms with Crippen LogP contribution in [0.1, 0.15) is 22.8 Å². The van der Waals surface area contributed by atoms with Gasteiger partial charge in [0.1, 0.15) is 0 Å². The van der Waals surface area contributed by atoms with Gasteiger partial charge < -0.3 is 4.57 Å². The maximum Gasteiger partial charge on any atom is 0.0897 e. The van der Waals surface area contributed by atoms with Gasteiger partial charge in [0.25, 0.3) is 0 Å². The van der Waals surface area contributed by atoms with E-state index in [0.29, 0.717) is 5.41 Å². The molecule has 0 aliphatic carbocycles. The summed E-state index contributed by atoms with van der Waals surface area (Å²) in [4.78, 5) is 9.78. The molecule has 0 saturated carbocycles. The Labute approximate surface area is 136 Å². The molecule has 0 radical (unpaired) electrons. The summed E-state index contributed by atoms with van der Waals surface area (Å²) in [5.41, 5.74) is 3.22. The number of rotatable bonds is 4. The fourth-order valence-corrected chi connectivity index (χ4v) is 4.64. The third-order valence-electron chi connectivity index (χ3n) is 5.12. The highest BCUT2D eigenvalue weighted by Crippen LogP contribution is 2.40. The first kappa shape index (κ1) is 14.4. The van der Waals surface area contributed by atoms with Gasteiger partial charge in [0.05, 0.1) is 10.7 Å². The summed E-state index contributed by atoms with van der Waals surface area (Å²) in [5.74, 6) is 0. The van der Waals surface area contributed by atoms with Gasteiger partial charge in [-0.25, -0.2) is 4.98 Å². The summed E-state index contributed by atoms with van der Waals surface area (Å²) in [6, 6.07) is 4.37. The summed E-state index contributed by atoms with van der Waals surface area (Å²) in [7, 11) is 2.14. The largest absolute Gasteiger partial charge is 0.353 e. The lowest BCUT2D eigenvalue weighted by atomic mass is 9.79. The minimum Gasteiger partial charge on any atom is -0.353 e. The lowest BCUT2D eigenvalue weighted by molar-refractivity contribution is 0.000163. The van der Waals surface area contributed by atoms with E-state index in [1.807, 2.05) is 0 Å². The molecule has 0 amide bonds. The van der Waals surface area contributed by atoms with E-state index in [1.165, 1.54) is 49.0 Å². The number of aromatic nitrogens is 2. The highest BCUT2D eigenvalue weighted by molar-refractivity contribution is 7.09. The molecular weight excluding hydrogens is 292 g/mol. The van der Waals surface area contributed by atoms with E-state index < -0.39 is 0 Å². The second kappa shape index (κ2) is 5.48. The number of likely N-dealkylation sites (tertiary alicyclic amines) is 2. The highest BCUT2D eigenvalue weighted by atomic mass is 32.1. The lowest BCUT2D eigenvalue weighted by Crippen LogP contribution is -2.56. The fraction of sp³-hybridized carbons (Fsp3) is 0.588. The van der Waals surface area contributed by atoms with Crippen molar-refractivity contribution in [2.45, 2.75) is 26.4 Å². The summed E-state index contributed by atoms with van der Waals surface area (Å²) >= 11 is 1.76. The van der Waals surface area contributed by atoms with Crippen molar-refractivity contribution < 1.29 is 0 Å². The molecule has 4 nitrogen and oxygen atoms in total. The van der Waals surface area contributed by atoms with Gasteiger partial charge in [-0.3, -0.25) is 9.80 Å². The minimum atomic E-state index is 0.552. The molecule has 0 atom stereocenters. The Kier molecular flexibility index (Phi) is 3.59. The van der Waals surface area contributed by atoms with Crippen LogP contribution in [0.2, 0.25) is 0 Å². The molecule has 2 saturated heterocycles. The Morgan fingerprint density at radius 3 is 2.73 bits per heavy atom. The zero-order valence-corrected chi connectivity index (χ0v) is 14.3. The van der Waals surface area contributed by atoms with Crippen molar-refractivity contribution in [2.24, 2.45) is 12.5 Å². The van der Waals surface area contributed by atoms with Crippen molar-refractivity contribution in [1.82, 2.24) is 19.4 Å². The Balaban J connectivity index is 1.30. The number of nitrogens with zero attached hydrogens (tertiary/aromatic N) is 4. The Hall–Kier alpha value is -1.17. The summed E-state index contributed by atoms with van der Waals surface area (Å²) < 4.78 is 2.23. The first-order valence-corrected chi connectivity index (χ1v) is 8.96. The van der Waals surface area contributed by atoms with Crippen LogP contribution in [0, 0.1) is 12.3 Å². The molecular formula is C17H24N4S. The number of aryl methyl sites for hydroxylation is 2. The van der Waals surface area contributed by atoms with Crippen molar-refractivity contribution in [2.75, 3.05) is 26.2 Å². The van der Waals surface area contributed by atoms with E-state index in [-0.39, 0.29) is 0 Å². The molecule has 0 bridgehead atoms. The fourth-order valence-electron chi connectivity index (χ4n) is 4.03. The third-order valence-corrected chi connectivity index (χ3v) is 5.95. The molecule has 2 aromatic rings. The normalized spacial score (nSPS) is 21.5. The molecule has 22 heavy (non-hydrogen) atoms. The molecule has 4 heterocycles. The number of hydrogen-bond donors (Lipinski definition) is 0. The van der Waals surface area contributed by atoms with Crippen LogP contribution < -0.4 is 0 Å². The molecule has 2 aromatic heterocycles. The maximum atomic E-state index is 4.60. The SMILES string of the molecule is Cc1nc(CN2CCC3(C2)CN(Cc2cccn2C)C3)cs1. The van der Waals surface area contributed by atoms with Crippen LogP contribution in [-0.2, 0) is 20.1 Å². The van der Waals surface area contributed by atoms with E-state index >= 15 is 0 Å². The van der Waals surface area contributed by atoms with Crippen LogP contribution in [0.4, 0.5) is 0 Å².